The Morgan fingerprint density at radius 1 is 1.25 bits per heavy atom. The molecule has 0 saturated carbocycles. The van der Waals surface area contributed by atoms with Gasteiger partial charge in [-0.05, 0) is 30.3 Å². The number of amides is 1. The molecule has 7 heteroatoms. The third-order valence-corrected chi connectivity index (χ3v) is 3.68. The van der Waals surface area contributed by atoms with E-state index < -0.39 is 11.9 Å². The van der Waals surface area contributed by atoms with E-state index in [1.165, 1.54) is 30.1 Å². The van der Waals surface area contributed by atoms with Crippen LogP contribution in [0.25, 0.3) is 0 Å². The number of hydrogen-bond acceptors (Lipinski definition) is 4. The highest BCUT2D eigenvalue weighted by Crippen LogP contribution is 2.29. The van der Waals surface area contributed by atoms with Crippen molar-refractivity contribution in [2.45, 2.75) is 9.92 Å². The molecule has 0 radical (unpaired) electrons. The Bertz CT molecular complexity index is 674. The van der Waals surface area contributed by atoms with Crippen LogP contribution in [-0.4, -0.2) is 22.0 Å². The average Bonchev–Trinajstić information content (AvgIpc) is 2.41. The number of carbonyl (C=O) groups excluding carboxylic acids is 1. The van der Waals surface area contributed by atoms with Crippen LogP contribution in [0.3, 0.4) is 0 Å². The van der Waals surface area contributed by atoms with Gasteiger partial charge >= 0.3 is 5.97 Å². The number of primary amides is 1. The van der Waals surface area contributed by atoms with Crippen molar-refractivity contribution in [2.75, 3.05) is 0 Å². The van der Waals surface area contributed by atoms with Gasteiger partial charge in [0.25, 0.3) is 0 Å². The normalized spacial score (nSPS) is 10.2. The fraction of sp³-hybridized carbons (Fsp3) is 0. The number of halogens is 1. The number of pyridine rings is 1. The van der Waals surface area contributed by atoms with Crippen LogP contribution in [0.15, 0.2) is 46.5 Å². The number of nitrogens with two attached hydrogens (primary N) is 1. The van der Waals surface area contributed by atoms with Crippen LogP contribution in [-0.2, 0) is 0 Å². The summed E-state index contributed by atoms with van der Waals surface area (Å²) in [4.78, 5) is 26.7. The number of carboxylic acids is 1. The highest BCUT2D eigenvalue weighted by molar-refractivity contribution is 7.99. The van der Waals surface area contributed by atoms with Gasteiger partial charge in [0.1, 0.15) is 5.03 Å². The van der Waals surface area contributed by atoms with Crippen LogP contribution in [0.1, 0.15) is 20.7 Å². The molecule has 1 heterocycles. The second-order valence-corrected chi connectivity index (χ2v) is 5.30. The molecule has 0 fully saturated rings. The molecule has 0 aliphatic rings. The molecule has 102 valence electrons. The lowest BCUT2D eigenvalue weighted by atomic mass is 10.2. The van der Waals surface area contributed by atoms with E-state index in [0.29, 0.717) is 15.5 Å². The lowest BCUT2D eigenvalue weighted by Gasteiger charge is -2.04. The van der Waals surface area contributed by atoms with Crippen LogP contribution in [0.2, 0.25) is 5.02 Å². The number of carboxylic acid groups (broad SMARTS) is 1. The van der Waals surface area contributed by atoms with Gasteiger partial charge in [-0.2, -0.15) is 0 Å². The smallest absolute Gasteiger partial charge is 0.337 e. The van der Waals surface area contributed by atoms with Crippen LogP contribution in [0.5, 0.6) is 0 Å². The third-order valence-electron chi connectivity index (χ3n) is 2.41. The Kier molecular flexibility index (Phi) is 4.26. The van der Waals surface area contributed by atoms with Gasteiger partial charge in [0, 0.05) is 11.1 Å². The topological polar surface area (TPSA) is 93.3 Å². The van der Waals surface area contributed by atoms with Crippen molar-refractivity contribution < 1.29 is 14.7 Å². The van der Waals surface area contributed by atoms with E-state index in [4.69, 9.17) is 22.4 Å². The molecular formula is C13H9ClN2O3S. The lowest BCUT2D eigenvalue weighted by molar-refractivity contribution is 0.0696. The molecule has 1 aromatic heterocycles. The van der Waals surface area contributed by atoms with Crippen molar-refractivity contribution in [3.05, 3.63) is 52.7 Å². The Hall–Kier alpha value is -2.05. The minimum absolute atomic E-state index is 0.0328. The molecule has 0 saturated heterocycles. The molecule has 2 aromatic rings. The standard InChI is InChI=1S/C13H9ClN2O3S/c14-10-3-2-8(5-9(10)13(18)19)20-11-4-1-7(6-16-11)12(15)17/h1-6H,(H2,15,17)(H,18,19). The molecule has 0 unspecified atom stereocenters. The maximum atomic E-state index is 11.0. The summed E-state index contributed by atoms with van der Waals surface area (Å²) >= 11 is 7.06. The molecule has 1 amide bonds. The van der Waals surface area contributed by atoms with Crippen molar-refractivity contribution in [1.29, 1.82) is 0 Å². The van der Waals surface area contributed by atoms with Gasteiger partial charge in [-0.25, -0.2) is 9.78 Å². The molecule has 20 heavy (non-hydrogen) atoms. The first-order chi connectivity index (χ1) is 9.47. The van der Waals surface area contributed by atoms with Crippen LogP contribution < -0.4 is 5.73 Å². The summed E-state index contributed by atoms with van der Waals surface area (Å²) in [6, 6.07) is 7.89. The SMILES string of the molecule is NC(=O)c1ccc(Sc2ccc(Cl)c(C(=O)O)c2)nc1. The molecule has 0 aliphatic carbocycles. The molecule has 0 aliphatic heterocycles. The first kappa shape index (κ1) is 14.4. The predicted molar refractivity (Wildman–Crippen MR) is 75.3 cm³/mol. The van der Waals surface area contributed by atoms with Crippen LogP contribution in [0.4, 0.5) is 0 Å². The number of carbonyl (C=O) groups is 2. The van der Waals surface area contributed by atoms with Crippen LogP contribution >= 0.6 is 23.4 Å². The number of rotatable bonds is 4. The molecule has 1 aromatic carbocycles. The molecule has 0 spiro atoms. The minimum Gasteiger partial charge on any atom is -0.478 e. The molecular weight excluding hydrogens is 300 g/mol. The predicted octanol–water partition coefficient (Wildman–Crippen LogP) is 2.68. The quantitative estimate of drug-likeness (QED) is 0.905. The van der Waals surface area contributed by atoms with Crippen molar-refractivity contribution in [1.82, 2.24) is 4.98 Å². The monoisotopic (exact) mass is 308 g/mol. The van der Waals surface area contributed by atoms with Gasteiger partial charge in [0.15, 0.2) is 0 Å². The molecule has 0 bridgehead atoms. The first-order valence-corrected chi connectivity index (χ1v) is 6.63. The van der Waals surface area contributed by atoms with E-state index in [1.807, 2.05) is 0 Å². The average molecular weight is 309 g/mol. The van der Waals surface area contributed by atoms with E-state index >= 15 is 0 Å². The van der Waals surface area contributed by atoms with E-state index in [2.05, 4.69) is 4.98 Å². The Morgan fingerprint density at radius 3 is 2.55 bits per heavy atom. The fourth-order valence-corrected chi connectivity index (χ4v) is 2.43. The Balaban J connectivity index is 2.23. The third kappa shape index (κ3) is 3.28. The van der Waals surface area contributed by atoms with Gasteiger partial charge in [0.05, 0.1) is 16.1 Å². The zero-order chi connectivity index (χ0) is 14.7. The van der Waals surface area contributed by atoms with Crippen molar-refractivity contribution >= 4 is 35.2 Å². The summed E-state index contributed by atoms with van der Waals surface area (Å²) in [7, 11) is 0. The number of nitrogens with zero attached hydrogens (tertiary/aromatic N) is 1. The summed E-state index contributed by atoms with van der Waals surface area (Å²) in [6.07, 6.45) is 1.37. The molecule has 5 nitrogen and oxygen atoms in total. The first-order valence-electron chi connectivity index (χ1n) is 5.44. The number of hydrogen-bond donors (Lipinski definition) is 2. The summed E-state index contributed by atoms with van der Waals surface area (Å²) in [5.41, 5.74) is 5.47. The second kappa shape index (κ2) is 5.94. The van der Waals surface area contributed by atoms with E-state index in [-0.39, 0.29) is 10.6 Å². The van der Waals surface area contributed by atoms with E-state index in [9.17, 15) is 9.59 Å². The van der Waals surface area contributed by atoms with Crippen LogP contribution in [0, 0.1) is 0 Å². The molecule has 3 N–H and O–H groups in total. The number of benzene rings is 1. The zero-order valence-electron chi connectivity index (χ0n) is 10.0. The maximum absolute atomic E-state index is 11.0. The van der Waals surface area contributed by atoms with Crippen molar-refractivity contribution in [3.63, 3.8) is 0 Å². The highest BCUT2D eigenvalue weighted by Gasteiger charge is 2.10. The second-order valence-electron chi connectivity index (χ2n) is 3.80. The Labute approximate surface area is 123 Å². The van der Waals surface area contributed by atoms with E-state index in [0.717, 1.165) is 0 Å². The van der Waals surface area contributed by atoms with Crippen molar-refractivity contribution in [3.8, 4) is 0 Å². The van der Waals surface area contributed by atoms with Crippen molar-refractivity contribution in [2.24, 2.45) is 5.73 Å². The summed E-state index contributed by atoms with van der Waals surface area (Å²) in [5.74, 6) is -1.64. The maximum Gasteiger partial charge on any atom is 0.337 e. The number of aromatic carboxylic acids is 1. The van der Waals surface area contributed by atoms with Gasteiger partial charge in [0.2, 0.25) is 5.91 Å². The largest absolute Gasteiger partial charge is 0.478 e. The summed E-state index contributed by atoms with van der Waals surface area (Å²) in [6.45, 7) is 0. The molecule has 0 atom stereocenters. The van der Waals surface area contributed by atoms with Gasteiger partial charge in [-0.1, -0.05) is 23.4 Å². The zero-order valence-corrected chi connectivity index (χ0v) is 11.6. The Morgan fingerprint density at radius 2 is 2.00 bits per heavy atom. The highest BCUT2D eigenvalue weighted by atomic mass is 35.5. The molecule has 2 rings (SSSR count). The minimum atomic E-state index is -1.09. The van der Waals surface area contributed by atoms with Gasteiger partial charge < -0.3 is 10.8 Å². The van der Waals surface area contributed by atoms with Gasteiger partial charge in [-0.3, -0.25) is 4.79 Å². The van der Waals surface area contributed by atoms with E-state index in [1.54, 1.807) is 18.2 Å². The summed E-state index contributed by atoms with van der Waals surface area (Å²) in [5, 5.41) is 9.79. The van der Waals surface area contributed by atoms with Gasteiger partial charge in [-0.15, -0.1) is 0 Å². The summed E-state index contributed by atoms with van der Waals surface area (Å²) < 4.78 is 0. The number of aromatic nitrogens is 1. The lowest BCUT2D eigenvalue weighted by Crippen LogP contribution is -2.10. The fourth-order valence-electron chi connectivity index (χ4n) is 1.44.